The number of nitrogens with zero attached hydrogens (tertiary/aromatic N) is 1. The van der Waals surface area contributed by atoms with Gasteiger partial charge < -0.3 is 14.8 Å². The number of hydrogen-bond donors (Lipinski definition) is 1. The number of benzene rings is 2. The summed E-state index contributed by atoms with van der Waals surface area (Å²) in [6, 6.07) is 14.1. The van der Waals surface area contributed by atoms with Gasteiger partial charge in [-0.15, -0.1) is 0 Å². The maximum absolute atomic E-state index is 13.0. The van der Waals surface area contributed by atoms with Crippen molar-refractivity contribution in [2.24, 2.45) is 0 Å². The molecule has 1 amide bonds. The summed E-state index contributed by atoms with van der Waals surface area (Å²) in [4.78, 5) is 12.8. The van der Waals surface area contributed by atoms with Gasteiger partial charge in [0.05, 0.1) is 24.7 Å². The van der Waals surface area contributed by atoms with Gasteiger partial charge in [0, 0.05) is 31.8 Å². The van der Waals surface area contributed by atoms with Crippen LogP contribution < -0.4 is 5.32 Å². The molecule has 8 heteroatoms. The van der Waals surface area contributed by atoms with Crippen molar-refractivity contribution in [2.45, 2.75) is 63.1 Å². The average Bonchev–Trinajstić information content (AvgIpc) is 2.87. The van der Waals surface area contributed by atoms with E-state index in [-0.39, 0.29) is 16.8 Å². The third-order valence-electron chi connectivity index (χ3n) is 6.17. The topological polar surface area (TPSA) is 84.9 Å². The predicted octanol–water partition coefficient (Wildman–Crippen LogP) is 4.12. The fourth-order valence-corrected chi connectivity index (χ4v) is 5.57. The van der Waals surface area contributed by atoms with Crippen LogP contribution in [0.15, 0.2) is 53.4 Å². The number of rotatable bonds is 12. The zero-order valence-corrected chi connectivity index (χ0v) is 21.0. The predicted molar refractivity (Wildman–Crippen MR) is 132 cm³/mol. The van der Waals surface area contributed by atoms with Gasteiger partial charge in [0.2, 0.25) is 10.0 Å². The molecule has 1 aliphatic carbocycles. The molecular formula is C26H36N2O5S. The highest BCUT2D eigenvalue weighted by Gasteiger charge is 2.29. The molecule has 0 aromatic heterocycles. The second-order valence-electron chi connectivity index (χ2n) is 8.59. The van der Waals surface area contributed by atoms with E-state index in [1.165, 1.54) is 22.9 Å². The molecule has 1 saturated carbocycles. The normalized spacial score (nSPS) is 14.9. The summed E-state index contributed by atoms with van der Waals surface area (Å²) in [5, 5.41) is 2.90. The van der Waals surface area contributed by atoms with E-state index < -0.39 is 10.0 Å². The molecule has 1 aliphatic rings. The van der Waals surface area contributed by atoms with Crippen molar-refractivity contribution in [3.05, 3.63) is 65.2 Å². The van der Waals surface area contributed by atoms with Gasteiger partial charge in [0.25, 0.3) is 5.91 Å². The first-order valence-electron chi connectivity index (χ1n) is 12.0. The van der Waals surface area contributed by atoms with E-state index in [1.54, 1.807) is 19.2 Å². The first kappa shape index (κ1) is 26.3. The maximum atomic E-state index is 13.0. The van der Waals surface area contributed by atoms with Crippen LogP contribution in [0.4, 0.5) is 0 Å². The van der Waals surface area contributed by atoms with Crippen molar-refractivity contribution >= 4 is 15.9 Å². The first-order valence-corrected chi connectivity index (χ1v) is 13.5. The number of hydrogen-bond acceptors (Lipinski definition) is 5. The molecule has 7 nitrogen and oxygen atoms in total. The highest BCUT2D eigenvalue weighted by molar-refractivity contribution is 7.89. The Labute approximate surface area is 203 Å². The Balaban J connectivity index is 1.53. The fraction of sp³-hybridized carbons (Fsp3) is 0.500. The van der Waals surface area contributed by atoms with Crippen LogP contribution in [0.3, 0.4) is 0 Å². The van der Waals surface area contributed by atoms with Crippen molar-refractivity contribution in [3.8, 4) is 0 Å². The van der Waals surface area contributed by atoms with Gasteiger partial charge in [-0.1, -0.05) is 43.5 Å². The number of ether oxygens (including phenoxy) is 2. The summed E-state index contributed by atoms with van der Waals surface area (Å²) in [5.74, 6) is -0.247. The summed E-state index contributed by atoms with van der Waals surface area (Å²) in [5.41, 5.74) is 2.42. The zero-order chi connectivity index (χ0) is 24.4. The summed E-state index contributed by atoms with van der Waals surface area (Å²) in [6.45, 7) is 4.59. The second-order valence-corrected chi connectivity index (χ2v) is 10.6. The van der Waals surface area contributed by atoms with E-state index in [1.807, 2.05) is 31.2 Å². The minimum absolute atomic E-state index is 0.0487. The van der Waals surface area contributed by atoms with Crippen molar-refractivity contribution in [3.63, 3.8) is 0 Å². The maximum Gasteiger partial charge on any atom is 0.251 e. The molecule has 0 heterocycles. The van der Waals surface area contributed by atoms with E-state index in [9.17, 15) is 13.2 Å². The molecule has 1 fully saturated rings. The van der Waals surface area contributed by atoms with Gasteiger partial charge in [0.1, 0.15) is 0 Å². The molecule has 3 rings (SSSR count). The van der Waals surface area contributed by atoms with Crippen LogP contribution in [0.5, 0.6) is 0 Å². The lowest BCUT2D eigenvalue weighted by Gasteiger charge is -2.30. The van der Waals surface area contributed by atoms with E-state index in [0.29, 0.717) is 38.5 Å². The Morgan fingerprint density at radius 2 is 1.68 bits per heavy atom. The summed E-state index contributed by atoms with van der Waals surface area (Å²) in [6.07, 6.45) is 5.09. The molecule has 34 heavy (non-hydrogen) atoms. The van der Waals surface area contributed by atoms with E-state index >= 15 is 0 Å². The average molecular weight is 489 g/mol. The summed E-state index contributed by atoms with van der Waals surface area (Å²) < 4.78 is 38.3. The standard InChI is InChI=1S/C26H36N2O5S/c1-3-32-16-17-33-20-22-9-7-8-21(18-22)19-27-26(29)23-12-14-25(15-13-23)34(30,31)28(2)24-10-5-4-6-11-24/h7-9,12-15,18,24H,3-6,10-11,16-17,19-20H2,1-2H3,(H,27,29). The van der Waals surface area contributed by atoms with Crippen LogP contribution in [-0.4, -0.2) is 51.5 Å². The molecular weight excluding hydrogens is 452 g/mol. The van der Waals surface area contributed by atoms with Crippen molar-refractivity contribution < 1.29 is 22.7 Å². The zero-order valence-electron chi connectivity index (χ0n) is 20.2. The van der Waals surface area contributed by atoms with Crippen LogP contribution in [0.25, 0.3) is 0 Å². The number of sulfonamides is 1. The van der Waals surface area contributed by atoms with Gasteiger partial charge in [-0.2, -0.15) is 4.31 Å². The van der Waals surface area contributed by atoms with Crippen molar-refractivity contribution in [1.82, 2.24) is 9.62 Å². The van der Waals surface area contributed by atoms with Crippen LogP contribution in [0, 0.1) is 0 Å². The highest BCUT2D eigenvalue weighted by atomic mass is 32.2. The molecule has 0 bridgehead atoms. The monoisotopic (exact) mass is 488 g/mol. The van der Waals surface area contributed by atoms with Crippen LogP contribution >= 0.6 is 0 Å². The number of amides is 1. The molecule has 0 unspecified atom stereocenters. The molecule has 0 atom stereocenters. The Hall–Kier alpha value is -2.26. The van der Waals surface area contributed by atoms with E-state index in [2.05, 4.69) is 5.32 Å². The Bertz CT molecular complexity index is 1020. The van der Waals surface area contributed by atoms with E-state index in [4.69, 9.17) is 9.47 Å². The lowest BCUT2D eigenvalue weighted by molar-refractivity contribution is 0.0453. The Kier molecular flexibility index (Phi) is 10.1. The minimum Gasteiger partial charge on any atom is -0.379 e. The summed E-state index contributed by atoms with van der Waals surface area (Å²) >= 11 is 0. The molecule has 2 aromatic carbocycles. The van der Waals surface area contributed by atoms with Crippen LogP contribution in [0.1, 0.15) is 60.5 Å². The van der Waals surface area contributed by atoms with Gasteiger partial charge in [-0.3, -0.25) is 4.79 Å². The Morgan fingerprint density at radius 1 is 1.00 bits per heavy atom. The fourth-order valence-electron chi connectivity index (χ4n) is 4.15. The lowest BCUT2D eigenvalue weighted by Crippen LogP contribution is -2.38. The number of nitrogens with one attached hydrogen (secondary N) is 1. The van der Waals surface area contributed by atoms with Gasteiger partial charge in [0.15, 0.2) is 0 Å². The second kappa shape index (κ2) is 13.0. The van der Waals surface area contributed by atoms with Crippen molar-refractivity contribution in [1.29, 1.82) is 0 Å². The number of carbonyl (C=O) groups is 1. The summed E-state index contributed by atoms with van der Waals surface area (Å²) in [7, 11) is -1.92. The molecule has 0 saturated heterocycles. The van der Waals surface area contributed by atoms with Crippen LogP contribution in [0.2, 0.25) is 0 Å². The molecule has 0 spiro atoms. The number of carbonyl (C=O) groups excluding carboxylic acids is 1. The largest absolute Gasteiger partial charge is 0.379 e. The van der Waals surface area contributed by atoms with Gasteiger partial charge >= 0.3 is 0 Å². The minimum atomic E-state index is -3.57. The van der Waals surface area contributed by atoms with Gasteiger partial charge in [-0.05, 0) is 55.2 Å². The quantitative estimate of drug-likeness (QED) is 0.454. The van der Waals surface area contributed by atoms with E-state index in [0.717, 1.165) is 36.8 Å². The molecule has 0 radical (unpaired) electrons. The lowest BCUT2D eigenvalue weighted by atomic mass is 9.96. The molecule has 2 aromatic rings. The third-order valence-corrected chi connectivity index (χ3v) is 8.10. The molecule has 186 valence electrons. The van der Waals surface area contributed by atoms with Crippen LogP contribution in [-0.2, 0) is 32.6 Å². The third kappa shape index (κ3) is 7.37. The van der Waals surface area contributed by atoms with Gasteiger partial charge in [-0.25, -0.2) is 8.42 Å². The molecule has 1 N–H and O–H groups in total. The molecule has 0 aliphatic heterocycles. The SMILES string of the molecule is CCOCCOCc1cccc(CNC(=O)c2ccc(S(=O)(=O)N(C)C3CCCCC3)cc2)c1. The Morgan fingerprint density at radius 3 is 2.38 bits per heavy atom. The van der Waals surface area contributed by atoms with Crippen molar-refractivity contribution in [2.75, 3.05) is 26.9 Å². The first-order chi connectivity index (χ1) is 16.4. The smallest absolute Gasteiger partial charge is 0.251 e. The highest BCUT2D eigenvalue weighted by Crippen LogP contribution is 2.26.